The molecule has 1 aromatic rings. The van der Waals surface area contributed by atoms with Crippen molar-refractivity contribution in [2.45, 2.75) is 45.4 Å². The van der Waals surface area contributed by atoms with Gasteiger partial charge in [-0.25, -0.2) is 0 Å². The zero-order chi connectivity index (χ0) is 13.2. The van der Waals surface area contributed by atoms with Crippen molar-refractivity contribution in [1.82, 2.24) is 5.32 Å². The lowest BCUT2D eigenvalue weighted by molar-refractivity contribution is -0.115. The molecule has 1 aromatic heterocycles. The molecule has 3 rings (SSSR count). The average molecular weight is 315 g/mol. The van der Waals surface area contributed by atoms with Gasteiger partial charge in [-0.15, -0.1) is 23.7 Å². The zero-order valence-corrected chi connectivity index (χ0v) is 13.6. The first kappa shape index (κ1) is 15.8. The zero-order valence-electron chi connectivity index (χ0n) is 12.0. The highest BCUT2D eigenvalue weighted by atomic mass is 35.5. The van der Waals surface area contributed by atoms with E-state index in [-0.39, 0.29) is 18.3 Å². The van der Waals surface area contributed by atoms with E-state index in [4.69, 9.17) is 0 Å². The number of halogens is 1. The van der Waals surface area contributed by atoms with Crippen LogP contribution in [0, 0.1) is 12.8 Å². The van der Waals surface area contributed by atoms with Gasteiger partial charge in [0, 0.05) is 4.88 Å². The fraction of sp³-hybridized carbons (Fsp3) is 0.667. The number of amides is 1. The molecular weight excluding hydrogens is 292 g/mol. The quantitative estimate of drug-likeness (QED) is 0.875. The number of rotatable bonds is 5. The van der Waals surface area contributed by atoms with Crippen LogP contribution >= 0.6 is 23.7 Å². The number of thiophene rings is 1. The summed E-state index contributed by atoms with van der Waals surface area (Å²) in [6.45, 7) is 3.58. The minimum Gasteiger partial charge on any atom is -0.316 e. The molecule has 0 aromatic carbocycles. The van der Waals surface area contributed by atoms with Crippen molar-refractivity contribution in [3.05, 3.63) is 16.0 Å². The summed E-state index contributed by atoms with van der Waals surface area (Å²) in [4.78, 5) is 13.4. The van der Waals surface area contributed by atoms with E-state index in [0.717, 1.165) is 17.5 Å². The Morgan fingerprint density at radius 3 is 2.75 bits per heavy atom. The lowest BCUT2D eigenvalue weighted by atomic mass is 9.96. The number of hydrogen-bond donors (Lipinski definition) is 2. The third-order valence-electron chi connectivity index (χ3n) is 4.10. The Morgan fingerprint density at radius 1 is 1.30 bits per heavy atom. The van der Waals surface area contributed by atoms with Crippen LogP contribution < -0.4 is 10.6 Å². The molecule has 2 aliphatic carbocycles. The van der Waals surface area contributed by atoms with Crippen LogP contribution in [0.15, 0.2) is 0 Å². The first-order valence-electron chi connectivity index (χ1n) is 7.35. The van der Waals surface area contributed by atoms with Crippen molar-refractivity contribution in [3.8, 4) is 0 Å². The highest BCUT2D eigenvalue weighted by Gasteiger charge is 2.21. The highest BCUT2D eigenvalue weighted by molar-refractivity contribution is 7.16. The van der Waals surface area contributed by atoms with E-state index in [9.17, 15) is 4.79 Å². The van der Waals surface area contributed by atoms with E-state index in [1.165, 1.54) is 54.5 Å². The van der Waals surface area contributed by atoms with Crippen LogP contribution in [0.3, 0.4) is 0 Å². The molecule has 0 bridgehead atoms. The number of hydrogen-bond acceptors (Lipinski definition) is 3. The van der Waals surface area contributed by atoms with Gasteiger partial charge in [0.05, 0.1) is 11.5 Å². The number of aryl methyl sites for hydroxylation is 1. The fourth-order valence-electron chi connectivity index (χ4n) is 2.73. The minimum absolute atomic E-state index is 0. The van der Waals surface area contributed by atoms with Crippen molar-refractivity contribution < 1.29 is 4.79 Å². The summed E-state index contributed by atoms with van der Waals surface area (Å²) in [7, 11) is 0. The fourth-order valence-corrected chi connectivity index (χ4v) is 4.04. The molecule has 20 heavy (non-hydrogen) atoms. The Morgan fingerprint density at radius 2 is 2.05 bits per heavy atom. The van der Waals surface area contributed by atoms with Gasteiger partial charge in [-0.05, 0) is 69.0 Å². The molecule has 0 aliphatic heterocycles. The van der Waals surface area contributed by atoms with Crippen LogP contribution in [-0.4, -0.2) is 19.0 Å². The lowest BCUT2D eigenvalue weighted by Crippen LogP contribution is -2.29. The van der Waals surface area contributed by atoms with E-state index in [2.05, 4.69) is 17.6 Å². The Balaban J connectivity index is 0.00000147. The van der Waals surface area contributed by atoms with Gasteiger partial charge in [-0.2, -0.15) is 0 Å². The summed E-state index contributed by atoms with van der Waals surface area (Å²) >= 11 is 1.78. The molecule has 1 fully saturated rings. The van der Waals surface area contributed by atoms with Crippen molar-refractivity contribution >= 4 is 34.7 Å². The van der Waals surface area contributed by atoms with Crippen LogP contribution in [0.2, 0.25) is 0 Å². The molecule has 0 saturated heterocycles. The smallest absolute Gasteiger partial charge is 0.238 e. The first-order valence-corrected chi connectivity index (χ1v) is 8.17. The van der Waals surface area contributed by atoms with Gasteiger partial charge in [0.2, 0.25) is 5.91 Å². The number of carbonyl (C=O) groups excluding carboxylic acids is 1. The summed E-state index contributed by atoms with van der Waals surface area (Å²) in [6.07, 6.45) is 7.62. The highest BCUT2D eigenvalue weighted by Crippen LogP contribution is 2.37. The second kappa shape index (κ2) is 6.92. The van der Waals surface area contributed by atoms with Crippen molar-refractivity contribution in [3.63, 3.8) is 0 Å². The molecule has 2 N–H and O–H groups in total. The molecular formula is C15H23ClN2OS. The first-order chi connectivity index (χ1) is 9.24. The van der Waals surface area contributed by atoms with E-state index < -0.39 is 0 Å². The Bertz CT molecular complexity index is 482. The van der Waals surface area contributed by atoms with E-state index in [1.807, 2.05) is 0 Å². The van der Waals surface area contributed by atoms with Gasteiger partial charge >= 0.3 is 0 Å². The Hall–Kier alpha value is -0.580. The SMILES string of the molecule is Cc1c(NC(=O)CNCC2CC2)sc2c1CCCC2.Cl. The van der Waals surface area contributed by atoms with Gasteiger partial charge < -0.3 is 10.6 Å². The predicted molar refractivity (Wildman–Crippen MR) is 87.2 cm³/mol. The Kier molecular flexibility index (Phi) is 5.47. The van der Waals surface area contributed by atoms with Gasteiger partial charge in [0.15, 0.2) is 0 Å². The predicted octanol–water partition coefficient (Wildman–Crippen LogP) is 3.30. The van der Waals surface area contributed by atoms with Gasteiger partial charge in [0.25, 0.3) is 0 Å². The molecule has 1 saturated carbocycles. The number of anilines is 1. The molecule has 3 nitrogen and oxygen atoms in total. The molecule has 112 valence electrons. The largest absolute Gasteiger partial charge is 0.316 e. The number of carbonyl (C=O) groups is 1. The molecule has 0 radical (unpaired) electrons. The maximum Gasteiger partial charge on any atom is 0.238 e. The summed E-state index contributed by atoms with van der Waals surface area (Å²) in [5.41, 5.74) is 2.80. The molecule has 5 heteroatoms. The van der Waals surface area contributed by atoms with E-state index in [1.54, 1.807) is 11.3 Å². The molecule has 0 unspecified atom stereocenters. The molecule has 1 heterocycles. The summed E-state index contributed by atoms with van der Waals surface area (Å²) in [6, 6.07) is 0. The standard InChI is InChI=1S/C15H22N2OS.ClH/c1-10-12-4-2-3-5-13(12)19-15(10)17-14(18)9-16-8-11-6-7-11;/h11,16H,2-9H2,1H3,(H,17,18);1H. The topological polar surface area (TPSA) is 41.1 Å². The maximum atomic E-state index is 11.9. The van der Waals surface area contributed by atoms with Gasteiger partial charge in [-0.3, -0.25) is 4.79 Å². The monoisotopic (exact) mass is 314 g/mol. The Labute approximate surface area is 130 Å². The van der Waals surface area contributed by atoms with Crippen LogP contribution in [0.1, 0.15) is 41.7 Å². The van der Waals surface area contributed by atoms with Gasteiger partial charge in [0.1, 0.15) is 0 Å². The molecule has 2 aliphatic rings. The second-order valence-corrected chi connectivity index (χ2v) is 6.89. The van der Waals surface area contributed by atoms with E-state index in [0.29, 0.717) is 6.54 Å². The maximum absolute atomic E-state index is 11.9. The lowest BCUT2D eigenvalue weighted by Gasteiger charge is -2.10. The van der Waals surface area contributed by atoms with E-state index >= 15 is 0 Å². The summed E-state index contributed by atoms with van der Waals surface area (Å²) < 4.78 is 0. The molecule has 1 amide bonds. The van der Waals surface area contributed by atoms with Crippen LogP contribution in [0.4, 0.5) is 5.00 Å². The normalized spacial score (nSPS) is 17.2. The van der Waals surface area contributed by atoms with Crippen molar-refractivity contribution in [1.29, 1.82) is 0 Å². The third-order valence-corrected chi connectivity index (χ3v) is 5.41. The average Bonchev–Trinajstić information content (AvgIpc) is 3.17. The summed E-state index contributed by atoms with van der Waals surface area (Å²) in [5.74, 6) is 0.922. The molecule has 0 spiro atoms. The van der Waals surface area contributed by atoms with Crippen molar-refractivity contribution in [2.24, 2.45) is 5.92 Å². The second-order valence-electron chi connectivity index (χ2n) is 5.79. The van der Waals surface area contributed by atoms with Gasteiger partial charge in [-0.1, -0.05) is 0 Å². The third kappa shape index (κ3) is 3.74. The minimum atomic E-state index is 0. The van der Waals surface area contributed by atoms with Crippen LogP contribution in [0.25, 0.3) is 0 Å². The van der Waals surface area contributed by atoms with Crippen LogP contribution in [0.5, 0.6) is 0 Å². The number of nitrogens with one attached hydrogen (secondary N) is 2. The summed E-state index contributed by atoms with van der Waals surface area (Å²) in [5, 5.41) is 7.39. The number of fused-ring (bicyclic) bond motifs is 1. The van der Waals surface area contributed by atoms with Crippen LogP contribution in [-0.2, 0) is 17.6 Å². The van der Waals surface area contributed by atoms with Crippen molar-refractivity contribution in [2.75, 3.05) is 18.4 Å². The molecule has 0 atom stereocenters.